The summed E-state index contributed by atoms with van der Waals surface area (Å²) in [7, 11) is 0. The molecule has 1 aromatic carbocycles. The smallest absolute Gasteiger partial charge is 0.191 e. The average molecular weight is 212 g/mol. The Morgan fingerprint density at radius 1 is 1.43 bits per heavy atom. The van der Waals surface area contributed by atoms with Gasteiger partial charge in [0.2, 0.25) is 0 Å². The van der Waals surface area contributed by atoms with Crippen molar-refractivity contribution in [3.05, 3.63) is 41.1 Å². The summed E-state index contributed by atoms with van der Waals surface area (Å²) in [4.78, 5) is 3.94. The lowest BCUT2D eigenvalue weighted by Gasteiger charge is -1.99. The number of aryl methyl sites for hydroxylation is 1. The van der Waals surface area contributed by atoms with Gasteiger partial charge in [-0.1, -0.05) is 11.6 Å². The van der Waals surface area contributed by atoms with Crippen LogP contribution in [0.2, 0.25) is 5.02 Å². The van der Waals surface area contributed by atoms with Crippen molar-refractivity contribution >= 4 is 11.6 Å². The second-order valence-corrected chi connectivity index (χ2v) is 3.27. The molecule has 0 fully saturated rings. The SMILES string of the molecule is Cc1ncc(-c2ccc(F)cc2Cl)o1. The first-order chi connectivity index (χ1) is 6.66. The molecule has 0 amide bonds. The molecule has 0 aliphatic carbocycles. The number of hydrogen-bond donors (Lipinski definition) is 0. The zero-order valence-corrected chi connectivity index (χ0v) is 8.18. The molecule has 14 heavy (non-hydrogen) atoms. The van der Waals surface area contributed by atoms with E-state index in [1.54, 1.807) is 19.2 Å². The van der Waals surface area contributed by atoms with Gasteiger partial charge in [0.15, 0.2) is 11.7 Å². The molecular weight excluding hydrogens is 205 g/mol. The molecule has 0 aliphatic rings. The van der Waals surface area contributed by atoms with Crippen LogP contribution in [-0.4, -0.2) is 4.98 Å². The van der Waals surface area contributed by atoms with Crippen molar-refractivity contribution in [2.75, 3.05) is 0 Å². The fourth-order valence-electron chi connectivity index (χ4n) is 1.18. The molecule has 0 saturated carbocycles. The van der Waals surface area contributed by atoms with Gasteiger partial charge in [-0.2, -0.15) is 0 Å². The van der Waals surface area contributed by atoms with E-state index in [0.717, 1.165) is 0 Å². The van der Waals surface area contributed by atoms with Crippen molar-refractivity contribution < 1.29 is 8.81 Å². The Hall–Kier alpha value is -1.35. The number of aromatic nitrogens is 1. The highest BCUT2D eigenvalue weighted by molar-refractivity contribution is 6.33. The molecule has 0 unspecified atom stereocenters. The van der Waals surface area contributed by atoms with Crippen LogP contribution in [0.1, 0.15) is 5.89 Å². The average Bonchev–Trinajstić information content (AvgIpc) is 2.51. The molecule has 2 nitrogen and oxygen atoms in total. The highest BCUT2D eigenvalue weighted by atomic mass is 35.5. The summed E-state index contributed by atoms with van der Waals surface area (Å²) in [6.45, 7) is 1.74. The van der Waals surface area contributed by atoms with Gasteiger partial charge < -0.3 is 4.42 Å². The Bertz CT molecular complexity index is 467. The Morgan fingerprint density at radius 2 is 2.21 bits per heavy atom. The van der Waals surface area contributed by atoms with E-state index in [9.17, 15) is 4.39 Å². The molecule has 2 rings (SSSR count). The standard InChI is InChI=1S/C10H7ClFNO/c1-6-13-5-10(14-6)8-3-2-7(12)4-9(8)11/h2-5H,1H3. The Labute approximate surface area is 85.3 Å². The van der Waals surface area contributed by atoms with Crippen LogP contribution in [0.3, 0.4) is 0 Å². The lowest BCUT2D eigenvalue weighted by atomic mass is 10.2. The number of halogens is 2. The van der Waals surface area contributed by atoms with Gasteiger partial charge >= 0.3 is 0 Å². The molecule has 0 bridgehead atoms. The molecule has 2 aromatic rings. The molecule has 72 valence electrons. The van der Waals surface area contributed by atoms with Crippen molar-refractivity contribution in [3.8, 4) is 11.3 Å². The molecule has 0 N–H and O–H groups in total. The minimum Gasteiger partial charge on any atom is -0.441 e. The van der Waals surface area contributed by atoms with Gasteiger partial charge in [-0.3, -0.25) is 0 Å². The fraction of sp³-hybridized carbons (Fsp3) is 0.100. The van der Waals surface area contributed by atoms with Crippen LogP contribution in [-0.2, 0) is 0 Å². The van der Waals surface area contributed by atoms with Crippen LogP contribution in [0.25, 0.3) is 11.3 Å². The molecule has 1 heterocycles. The third-order valence-electron chi connectivity index (χ3n) is 1.82. The summed E-state index contributed by atoms with van der Waals surface area (Å²) >= 11 is 5.85. The lowest BCUT2D eigenvalue weighted by molar-refractivity contribution is 0.534. The monoisotopic (exact) mass is 211 g/mol. The molecule has 0 saturated heterocycles. The van der Waals surface area contributed by atoms with Crippen molar-refractivity contribution in [3.63, 3.8) is 0 Å². The van der Waals surface area contributed by atoms with Crippen molar-refractivity contribution in [2.24, 2.45) is 0 Å². The summed E-state index contributed by atoms with van der Waals surface area (Å²) in [6, 6.07) is 4.14. The maximum atomic E-state index is 12.7. The first-order valence-corrected chi connectivity index (χ1v) is 4.42. The fourth-order valence-corrected chi connectivity index (χ4v) is 1.44. The maximum Gasteiger partial charge on any atom is 0.191 e. The predicted molar refractivity (Wildman–Crippen MR) is 51.6 cm³/mol. The topological polar surface area (TPSA) is 26.0 Å². The zero-order valence-electron chi connectivity index (χ0n) is 7.42. The molecule has 0 radical (unpaired) electrons. The highest BCUT2D eigenvalue weighted by Gasteiger charge is 2.08. The second-order valence-electron chi connectivity index (χ2n) is 2.87. The van der Waals surface area contributed by atoms with Crippen molar-refractivity contribution in [2.45, 2.75) is 6.92 Å². The molecule has 4 heteroatoms. The van der Waals surface area contributed by atoms with Crippen LogP contribution in [0.15, 0.2) is 28.8 Å². The van der Waals surface area contributed by atoms with Gasteiger partial charge in [0.1, 0.15) is 5.82 Å². The van der Waals surface area contributed by atoms with Gasteiger partial charge in [0.25, 0.3) is 0 Å². The number of hydrogen-bond acceptors (Lipinski definition) is 2. The summed E-state index contributed by atoms with van der Waals surface area (Å²) in [5.74, 6) is 0.739. The summed E-state index contributed by atoms with van der Waals surface area (Å²) in [5.41, 5.74) is 0.647. The molecule has 0 atom stereocenters. The minimum absolute atomic E-state index is 0.321. The van der Waals surface area contributed by atoms with E-state index in [4.69, 9.17) is 16.0 Å². The highest BCUT2D eigenvalue weighted by Crippen LogP contribution is 2.28. The summed E-state index contributed by atoms with van der Waals surface area (Å²) < 4.78 is 18.0. The minimum atomic E-state index is -0.366. The van der Waals surface area contributed by atoms with Crippen LogP contribution >= 0.6 is 11.6 Å². The van der Waals surface area contributed by atoms with E-state index < -0.39 is 0 Å². The van der Waals surface area contributed by atoms with E-state index in [2.05, 4.69) is 4.98 Å². The van der Waals surface area contributed by atoms with Crippen molar-refractivity contribution in [1.82, 2.24) is 4.98 Å². The Morgan fingerprint density at radius 3 is 2.79 bits per heavy atom. The third-order valence-corrected chi connectivity index (χ3v) is 2.13. The normalized spacial score (nSPS) is 10.5. The lowest BCUT2D eigenvalue weighted by Crippen LogP contribution is -1.78. The molecule has 1 aromatic heterocycles. The number of rotatable bonds is 1. The van der Waals surface area contributed by atoms with E-state index in [1.165, 1.54) is 12.1 Å². The second kappa shape index (κ2) is 3.42. The van der Waals surface area contributed by atoms with E-state index in [-0.39, 0.29) is 5.82 Å². The van der Waals surface area contributed by atoms with Crippen LogP contribution < -0.4 is 0 Å². The first kappa shape index (κ1) is 9.21. The van der Waals surface area contributed by atoms with Gasteiger partial charge in [0, 0.05) is 12.5 Å². The predicted octanol–water partition coefficient (Wildman–Crippen LogP) is 3.44. The van der Waals surface area contributed by atoms with Crippen LogP contribution in [0.5, 0.6) is 0 Å². The van der Waals surface area contributed by atoms with E-state index in [1.807, 2.05) is 0 Å². The van der Waals surface area contributed by atoms with Crippen LogP contribution in [0, 0.1) is 12.7 Å². The Balaban J connectivity index is 2.52. The number of nitrogens with zero attached hydrogens (tertiary/aromatic N) is 1. The van der Waals surface area contributed by atoms with E-state index in [0.29, 0.717) is 22.2 Å². The molecular formula is C10H7ClFNO. The largest absolute Gasteiger partial charge is 0.441 e. The number of benzene rings is 1. The molecule has 0 spiro atoms. The van der Waals surface area contributed by atoms with Crippen LogP contribution in [0.4, 0.5) is 4.39 Å². The maximum absolute atomic E-state index is 12.7. The van der Waals surface area contributed by atoms with E-state index >= 15 is 0 Å². The first-order valence-electron chi connectivity index (χ1n) is 4.04. The quantitative estimate of drug-likeness (QED) is 0.722. The summed E-state index contributed by atoms with van der Waals surface area (Å²) in [6.07, 6.45) is 1.56. The van der Waals surface area contributed by atoms with Gasteiger partial charge in [0.05, 0.1) is 11.2 Å². The molecule has 0 aliphatic heterocycles. The number of oxazole rings is 1. The summed E-state index contributed by atoms with van der Waals surface area (Å²) in [5, 5.41) is 0.321. The third kappa shape index (κ3) is 1.63. The van der Waals surface area contributed by atoms with Gasteiger partial charge in [-0.25, -0.2) is 9.37 Å². The Kier molecular flexibility index (Phi) is 2.25. The van der Waals surface area contributed by atoms with Gasteiger partial charge in [-0.15, -0.1) is 0 Å². The van der Waals surface area contributed by atoms with Gasteiger partial charge in [-0.05, 0) is 18.2 Å². The van der Waals surface area contributed by atoms with Crippen molar-refractivity contribution in [1.29, 1.82) is 0 Å². The zero-order chi connectivity index (χ0) is 10.1.